The van der Waals surface area contributed by atoms with E-state index in [4.69, 9.17) is 4.74 Å². The molecule has 1 N–H and O–H groups in total. The molecule has 1 heterocycles. The molecule has 0 aliphatic carbocycles. The average molecular weight is 469 g/mol. The molecule has 0 spiro atoms. The zero-order valence-electron chi connectivity index (χ0n) is 18.7. The molecule has 7 nitrogen and oxygen atoms in total. The maximum absolute atomic E-state index is 13.2. The summed E-state index contributed by atoms with van der Waals surface area (Å²) in [4.78, 5) is 51.6. The van der Waals surface area contributed by atoms with E-state index in [1.54, 1.807) is 0 Å². The number of likely N-dealkylation sites (tertiary alicyclic amines) is 1. The molecule has 3 rings (SSSR count). The van der Waals surface area contributed by atoms with Gasteiger partial charge in [0.25, 0.3) is 0 Å². The maximum Gasteiger partial charge on any atom is 0.328 e. The number of nitrogens with one attached hydrogen (secondary N) is 1. The van der Waals surface area contributed by atoms with Crippen molar-refractivity contribution in [1.29, 1.82) is 0 Å². The smallest absolute Gasteiger partial charge is 0.328 e. The van der Waals surface area contributed by atoms with Crippen molar-refractivity contribution in [3.8, 4) is 0 Å². The largest absolute Gasteiger partial charge is 0.467 e. The number of thioether (sulfide) groups is 1. The molecule has 1 saturated heterocycles. The molecule has 2 amide bonds. The summed E-state index contributed by atoms with van der Waals surface area (Å²) in [7, 11) is 1.30. The van der Waals surface area contributed by atoms with Gasteiger partial charge in [0.1, 0.15) is 6.04 Å². The minimum absolute atomic E-state index is 0.174. The van der Waals surface area contributed by atoms with Crippen molar-refractivity contribution in [2.75, 3.05) is 13.7 Å². The topological polar surface area (TPSA) is 92.8 Å². The Morgan fingerprint density at radius 2 is 1.67 bits per heavy atom. The Balaban J connectivity index is 1.71. The second-order valence-corrected chi connectivity index (χ2v) is 9.23. The number of esters is 1. The molecule has 2 aromatic carbocycles. The quantitative estimate of drug-likeness (QED) is 0.599. The summed E-state index contributed by atoms with van der Waals surface area (Å²) >= 11 is 0.943. The second-order valence-electron chi connectivity index (χ2n) is 7.85. The molecule has 0 bridgehead atoms. The molecular formula is C25H28N2O5S. The second kappa shape index (κ2) is 11.7. The molecule has 1 aliphatic heterocycles. The van der Waals surface area contributed by atoms with E-state index in [1.807, 2.05) is 60.7 Å². The Bertz CT molecular complexity index is 983. The van der Waals surface area contributed by atoms with Crippen LogP contribution in [0.3, 0.4) is 0 Å². The number of nitrogens with zero attached hydrogens (tertiary/aromatic N) is 1. The van der Waals surface area contributed by atoms with Crippen molar-refractivity contribution in [2.24, 2.45) is 0 Å². The zero-order chi connectivity index (χ0) is 23.8. The zero-order valence-corrected chi connectivity index (χ0v) is 19.5. The number of methoxy groups -OCH3 is 1. The van der Waals surface area contributed by atoms with Crippen LogP contribution in [0, 0.1) is 0 Å². The van der Waals surface area contributed by atoms with Gasteiger partial charge in [-0.05, 0) is 30.4 Å². The molecule has 0 radical (unpaired) electrons. The van der Waals surface area contributed by atoms with Crippen LogP contribution in [0.5, 0.6) is 0 Å². The lowest BCUT2D eigenvalue weighted by atomic mass is 10.0. The van der Waals surface area contributed by atoms with E-state index >= 15 is 0 Å². The van der Waals surface area contributed by atoms with Gasteiger partial charge in [-0.25, -0.2) is 4.79 Å². The lowest BCUT2D eigenvalue weighted by Gasteiger charge is -2.29. The SMILES string of the molecule is COC(=O)[C@@H]1CC[C@H](c2ccccc2)N1C(=O)CNC(=O)[C@@H](Cc1ccccc1)SC(C)=O. The van der Waals surface area contributed by atoms with E-state index in [9.17, 15) is 19.2 Å². The Morgan fingerprint density at radius 1 is 1.03 bits per heavy atom. The fourth-order valence-electron chi connectivity index (χ4n) is 4.11. The van der Waals surface area contributed by atoms with Crippen LogP contribution in [0.25, 0.3) is 0 Å². The monoisotopic (exact) mass is 468 g/mol. The number of benzene rings is 2. The van der Waals surface area contributed by atoms with Gasteiger partial charge in [-0.15, -0.1) is 0 Å². The Morgan fingerprint density at radius 3 is 2.27 bits per heavy atom. The van der Waals surface area contributed by atoms with Crippen LogP contribution < -0.4 is 5.32 Å². The van der Waals surface area contributed by atoms with E-state index < -0.39 is 23.2 Å². The highest BCUT2D eigenvalue weighted by Crippen LogP contribution is 2.36. The van der Waals surface area contributed by atoms with Crippen molar-refractivity contribution < 1.29 is 23.9 Å². The van der Waals surface area contributed by atoms with Crippen molar-refractivity contribution >= 4 is 34.7 Å². The van der Waals surface area contributed by atoms with Crippen molar-refractivity contribution in [3.05, 3.63) is 71.8 Å². The molecule has 0 unspecified atom stereocenters. The third kappa shape index (κ3) is 6.44. The van der Waals surface area contributed by atoms with Crippen molar-refractivity contribution in [1.82, 2.24) is 10.2 Å². The number of carbonyl (C=O) groups is 4. The predicted octanol–water partition coefficient (Wildman–Crippen LogP) is 2.90. The molecule has 8 heteroatoms. The van der Waals surface area contributed by atoms with E-state index in [0.29, 0.717) is 19.3 Å². The number of rotatable bonds is 8. The number of hydrogen-bond acceptors (Lipinski definition) is 6. The Kier molecular flexibility index (Phi) is 8.65. The maximum atomic E-state index is 13.2. The van der Waals surface area contributed by atoms with Gasteiger partial charge in [0.2, 0.25) is 11.8 Å². The highest BCUT2D eigenvalue weighted by Gasteiger charge is 2.42. The first-order chi connectivity index (χ1) is 15.9. The number of carbonyl (C=O) groups excluding carboxylic acids is 4. The van der Waals surface area contributed by atoms with Crippen molar-refractivity contribution in [2.45, 2.75) is 43.5 Å². The minimum atomic E-state index is -0.698. The Hall–Kier alpha value is -3.13. The lowest BCUT2D eigenvalue weighted by molar-refractivity contribution is -0.152. The molecule has 174 valence electrons. The van der Waals surface area contributed by atoms with Crippen LogP contribution in [-0.2, 0) is 30.3 Å². The Labute approximate surface area is 197 Å². The van der Waals surface area contributed by atoms with Crippen LogP contribution in [0.4, 0.5) is 0 Å². The summed E-state index contributed by atoms with van der Waals surface area (Å²) in [5, 5.41) is 1.85. The van der Waals surface area contributed by atoms with Gasteiger partial charge < -0.3 is 15.0 Å². The van der Waals surface area contributed by atoms with Crippen LogP contribution in [0.1, 0.15) is 36.9 Å². The lowest BCUT2D eigenvalue weighted by Crippen LogP contribution is -2.48. The summed E-state index contributed by atoms with van der Waals surface area (Å²) in [6.07, 6.45) is 1.48. The fourth-order valence-corrected chi connectivity index (χ4v) is 4.98. The number of amides is 2. The normalized spacial score (nSPS) is 18.4. The third-order valence-corrected chi connectivity index (χ3v) is 6.61. The van der Waals surface area contributed by atoms with E-state index in [0.717, 1.165) is 22.9 Å². The van der Waals surface area contributed by atoms with Gasteiger partial charge >= 0.3 is 5.97 Å². The molecule has 33 heavy (non-hydrogen) atoms. The summed E-state index contributed by atoms with van der Waals surface area (Å²) in [5.74, 6) is -1.23. The highest BCUT2D eigenvalue weighted by atomic mass is 32.2. The first-order valence-corrected chi connectivity index (χ1v) is 11.7. The first-order valence-electron chi connectivity index (χ1n) is 10.8. The summed E-state index contributed by atoms with van der Waals surface area (Å²) < 4.78 is 4.91. The van der Waals surface area contributed by atoms with Crippen LogP contribution in [-0.4, -0.2) is 52.7 Å². The van der Waals surface area contributed by atoms with Gasteiger partial charge in [0.05, 0.1) is 24.9 Å². The van der Waals surface area contributed by atoms with Gasteiger partial charge in [-0.3, -0.25) is 14.4 Å². The summed E-state index contributed by atoms with van der Waals surface area (Å²) in [6.45, 7) is 1.15. The first kappa shape index (κ1) is 24.5. The average Bonchev–Trinajstić information content (AvgIpc) is 3.27. The fraction of sp³-hybridized carbons (Fsp3) is 0.360. The molecule has 2 aromatic rings. The highest BCUT2D eigenvalue weighted by molar-refractivity contribution is 8.14. The summed E-state index contributed by atoms with van der Waals surface area (Å²) in [5.41, 5.74) is 1.85. The molecule has 0 aromatic heterocycles. The van der Waals surface area contributed by atoms with Gasteiger partial charge in [-0.2, -0.15) is 0 Å². The van der Waals surface area contributed by atoms with Crippen LogP contribution in [0.2, 0.25) is 0 Å². The molecular weight excluding hydrogens is 440 g/mol. The predicted molar refractivity (Wildman–Crippen MR) is 126 cm³/mol. The molecule has 1 fully saturated rings. The number of hydrogen-bond donors (Lipinski definition) is 1. The summed E-state index contributed by atoms with van der Waals surface area (Å²) in [6, 6.07) is 17.9. The third-order valence-electron chi connectivity index (χ3n) is 5.61. The molecule has 1 aliphatic rings. The van der Waals surface area contributed by atoms with E-state index in [1.165, 1.54) is 18.9 Å². The van der Waals surface area contributed by atoms with E-state index in [-0.39, 0.29) is 23.6 Å². The molecule has 0 saturated carbocycles. The van der Waals surface area contributed by atoms with Gasteiger partial charge in [0, 0.05) is 6.92 Å². The van der Waals surface area contributed by atoms with Crippen molar-refractivity contribution in [3.63, 3.8) is 0 Å². The molecule has 3 atom stereocenters. The number of ether oxygens (including phenoxy) is 1. The van der Waals surface area contributed by atoms with Gasteiger partial charge in [-0.1, -0.05) is 72.4 Å². The van der Waals surface area contributed by atoms with Gasteiger partial charge in [0.15, 0.2) is 5.12 Å². The van der Waals surface area contributed by atoms with E-state index in [2.05, 4.69) is 5.32 Å². The van der Waals surface area contributed by atoms with Crippen LogP contribution in [0.15, 0.2) is 60.7 Å². The standard InChI is InChI=1S/C25H28N2O5S/c1-17(28)33-22(15-18-9-5-3-6-10-18)24(30)26-16-23(29)27-20(19-11-7-4-8-12-19)13-14-21(27)25(31)32-2/h3-12,20-22H,13-16H2,1-2H3,(H,26,30)/t20-,21+,22-/m1/s1. The minimum Gasteiger partial charge on any atom is -0.467 e. The van der Waals surface area contributed by atoms with Crippen LogP contribution >= 0.6 is 11.8 Å².